The first-order valence-corrected chi connectivity index (χ1v) is 9.76. The van der Waals surface area contributed by atoms with Crippen LogP contribution in [0, 0.1) is 0 Å². The van der Waals surface area contributed by atoms with Crippen molar-refractivity contribution in [2.24, 2.45) is 0 Å². The van der Waals surface area contributed by atoms with E-state index in [1.807, 2.05) is 35.2 Å². The Morgan fingerprint density at radius 2 is 2.07 bits per heavy atom. The number of carbonyl (C=O) groups excluding carboxylic acids is 2. The van der Waals surface area contributed by atoms with Crippen molar-refractivity contribution in [1.82, 2.24) is 20.4 Å². The van der Waals surface area contributed by atoms with Crippen molar-refractivity contribution >= 4 is 11.8 Å². The van der Waals surface area contributed by atoms with E-state index in [2.05, 4.69) is 15.5 Å². The molecule has 2 fully saturated rings. The van der Waals surface area contributed by atoms with E-state index in [4.69, 9.17) is 4.74 Å². The van der Waals surface area contributed by atoms with Gasteiger partial charge >= 0.3 is 0 Å². The average Bonchev–Trinajstić information content (AvgIpc) is 3.33. The van der Waals surface area contributed by atoms with Crippen LogP contribution in [0.3, 0.4) is 0 Å². The maximum atomic E-state index is 13.2. The second-order valence-electron chi connectivity index (χ2n) is 7.74. The molecule has 0 radical (unpaired) electrons. The minimum Gasteiger partial charge on any atom is -0.376 e. The number of carbonyl (C=O) groups is 2. The van der Waals surface area contributed by atoms with Crippen molar-refractivity contribution < 1.29 is 14.3 Å². The molecule has 7 heteroatoms. The minimum absolute atomic E-state index is 0.0353. The SMILES string of the molecule is CO[C@@]12CCC(NC(C)=O)CC1N(C(=O)c1cc(-c3ccccc3)n[nH]1)CC2. The summed E-state index contributed by atoms with van der Waals surface area (Å²) in [5, 5.41) is 10.2. The number of amides is 2. The first-order chi connectivity index (χ1) is 13.5. The molecule has 2 unspecified atom stereocenters. The van der Waals surface area contributed by atoms with Crippen LogP contribution >= 0.6 is 0 Å². The number of nitrogens with zero attached hydrogens (tertiary/aromatic N) is 2. The minimum atomic E-state index is -0.326. The summed E-state index contributed by atoms with van der Waals surface area (Å²) in [5.74, 6) is -0.103. The Bertz CT molecular complexity index is 866. The summed E-state index contributed by atoms with van der Waals surface area (Å²) >= 11 is 0. The highest BCUT2D eigenvalue weighted by Gasteiger charge is 2.52. The predicted molar refractivity (Wildman–Crippen MR) is 105 cm³/mol. The van der Waals surface area contributed by atoms with E-state index in [0.29, 0.717) is 18.7 Å². The highest BCUT2D eigenvalue weighted by molar-refractivity contribution is 5.94. The number of likely N-dealkylation sites (tertiary alicyclic amines) is 1. The summed E-state index contributed by atoms with van der Waals surface area (Å²) in [6, 6.07) is 11.6. The van der Waals surface area contributed by atoms with Crippen LogP contribution in [0.1, 0.15) is 43.1 Å². The molecule has 1 aromatic carbocycles. The molecule has 2 aromatic rings. The number of hydrogen-bond acceptors (Lipinski definition) is 4. The molecule has 2 N–H and O–H groups in total. The maximum Gasteiger partial charge on any atom is 0.272 e. The van der Waals surface area contributed by atoms with E-state index in [9.17, 15) is 9.59 Å². The molecule has 0 spiro atoms. The lowest BCUT2D eigenvalue weighted by Crippen LogP contribution is -2.55. The first kappa shape index (κ1) is 18.7. The van der Waals surface area contributed by atoms with Crippen LogP contribution in [0.2, 0.25) is 0 Å². The summed E-state index contributed by atoms with van der Waals surface area (Å²) < 4.78 is 5.91. The number of aromatic nitrogens is 2. The summed E-state index contributed by atoms with van der Waals surface area (Å²) in [5.41, 5.74) is 1.87. The van der Waals surface area contributed by atoms with E-state index in [0.717, 1.165) is 30.5 Å². The second kappa shape index (κ2) is 7.39. The number of fused-ring (bicyclic) bond motifs is 1. The number of rotatable bonds is 4. The number of hydrogen-bond donors (Lipinski definition) is 2. The summed E-state index contributed by atoms with van der Waals surface area (Å²) in [7, 11) is 1.73. The Balaban J connectivity index is 1.55. The van der Waals surface area contributed by atoms with Gasteiger partial charge < -0.3 is 15.0 Å². The number of H-pyrrole nitrogens is 1. The normalized spacial score (nSPS) is 26.7. The van der Waals surface area contributed by atoms with Gasteiger partial charge in [-0.2, -0.15) is 5.10 Å². The van der Waals surface area contributed by atoms with Gasteiger partial charge in [0.25, 0.3) is 5.91 Å². The van der Waals surface area contributed by atoms with Gasteiger partial charge in [0.2, 0.25) is 5.91 Å². The van der Waals surface area contributed by atoms with Gasteiger partial charge in [0.05, 0.1) is 17.3 Å². The van der Waals surface area contributed by atoms with Gasteiger partial charge in [-0.15, -0.1) is 0 Å². The number of methoxy groups -OCH3 is 1. The standard InChI is InChI=1S/C21H26N4O3/c1-14(26)22-16-8-9-21(28-2)10-11-25(19(21)12-16)20(27)18-13-17(23-24-18)15-6-4-3-5-7-15/h3-7,13,16,19H,8-12H2,1-2H3,(H,22,26)(H,23,24)/t16?,19?,21-/m1/s1. The molecule has 1 aromatic heterocycles. The van der Waals surface area contributed by atoms with Gasteiger partial charge in [0.1, 0.15) is 5.69 Å². The van der Waals surface area contributed by atoms with Gasteiger partial charge in [-0.05, 0) is 31.7 Å². The Labute approximate surface area is 164 Å². The van der Waals surface area contributed by atoms with Crippen molar-refractivity contribution in [3.63, 3.8) is 0 Å². The summed E-state index contributed by atoms with van der Waals surface area (Å²) in [6.45, 7) is 2.18. The first-order valence-electron chi connectivity index (χ1n) is 9.76. The molecule has 1 saturated carbocycles. The molecular weight excluding hydrogens is 356 g/mol. The van der Waals surface area contributed by atoms with Gasteiger partial charge in [-0.25, -0.2) is 0 Å². The van der Waals surface area contributed by atoms with E-state index >= 15 is 0 Å². The number of ether oxygens (including phenoxy) is 1. The summed E-state index contributed by atoms with van der Waals surface area (Å²) in [6.07, 6.45) is 3.22. The predicted octanol–water partition coefficient (Wildman–Crippen LogP) is 2.36. The van der Waals surface area contributed by atoms with Crippen LogP contribution < -0.4 is 5.32 Å². The topological polar surface area (TPSA) is 87.3 Å². The molecule has 1 aliphatic carbocycles. The van der Waals surface area contributed by atoms with Crippen LogP contribution in [0.5, 0.6) is 0 Å². The third-order valence-corrected chi connectivity index (χ3v) is 6.14. The molecular formula is C21H26N4O3. The lowest BCUT2D eigenvalue weighted by molar-refractivity contribution is -0.121. The highest BCUT2D eigenvalue weighted by atomic mass is 16.5. The fourth-order valence-corrected chi connectivity index (χ4v) is 4.70. The van der Waals surface area contributed by atoms with Gasteiger partial charge in [0.15, 0.2) is 0 Å². The fourth-order valence-electron chi connectivity index (χ4n) is 4.70. The molecule has 28 heavy (non-hydrogen) atoms. The lowest BCUT2D eigenvalue weighted by atomic mass is 9.78. The quantitative estimate of drug-likeness (QED) is 0.850. The molecule has 1 aliphatic heterocycles. The molecule has 3 atom stereocenters. The molecule has 7 nitrogen and oxygen atoms in total. The molecule has 0 bridgehead atoms. The zero-order valence-corrected chi connectivity index (χ0v) is 16.3. The Kier molecular flexibility index (Phi) is 4.93. The zero-order valence-electron chi connectivity index (χ0n) is 16.3. The van der Waals surface area contributed by atoms with E-state index in [1.54, 1.807) is 13.2 Å². The molecule has 1 saturated heterocycles. The van der Waals surface area contributed by atoms with Crippen molar-refractivity contribution in [2.75, 3.05) is 13.7 Å². The van der Waals surface area contributed by atoms with Crippen LogP contribution in [0.15, 0.2) is 36.4 Å². The third kappa shape index (κ3) is 3.30. The Hall–Kier alpha value is -2.67. The smallest absolute Gasteiger partial charge is 0.272 e. The van der Waals surface area contributed by atoms with Crippen LogP contribution in [-0.4, -0.2) is 58.3 Å². The Morgan fingerprint density at radius 3 is 2.79 bits per heavy atom. The number of aromatic amines is 1. The van der Waals surface area contributed by atoms with Crippen LogP contribution in [-0.2, 0) is 9.53 Å². The van der Waals surface area contributed by atoms with Crippen molar-refractivity contribution in [2.45, 2.75) is 50.3 Å². The number of benzene rings is 1. The van der Waals surface area contributed by atoms with E-state index in [1.165, 1.54) is 6.92 Å². The third-order valence-electron chi connectivity index (χ3n) is 6.14. The molecule has 2 aliphatic rings. The van der Waals surface area contributed by atoms with E-state index in [-0.39, 0.29) is 29.5 Å². The lowest BCUT2D eigenvalue weighted by Gasteiger charge is -2.43. The largest absolute Gasteiger partial charge is 0.376 e. The average molecular weight is 382 g/mol. The summed E-state index contributed by atoms with van der Waals surface area (Å²) in [4.78, 5) is 26.6. The number of nitrogens with one attached hydrogen (secondary N) is 2. The van der Waals surface area contributed by atoms with Gasteiger partial charge in [-0.3, -0.25) is 14.7 Å². The van der Waals surface area contributed by atoms with Crippen molar-refractivity contribution in [3.05, 3.63) is 42.1 Å². The molecule has 2 amide bonds. The molecule has 4 rings (SSSR count). The molecule has 148 valence electrons. The second-order valence-corrected chi connectivity index (χ2v) is 7.74. The fraction of sp³-hybridized carbons (Fsp3) is 0.476. The van der Waals surface area contributed by atoms with Crippen molar-refractivity contribution in [1.29, 1.82) is 0 Å². The van der Waals surface area contributed by atoms with E-state index < -0.39 is 0 Å². The molecule has 2 heterocycles. The zero-order chi connectivity index (χ0) is 19.7. The van der Waals surface area contributed by atoms with Crippen LogP contribution in [0.4, 0.5) is 0 Å². The van der Waals surface area contributed by atoms with Crippen LogP contribution in [0.25, 0.3) is 11.3 Å². The van der Waals surface area contributed by atoms with Crippen molar-refractivity contribution in [3.8, 4) is 11.3 Å². The monoisotopic (exact) mass is 382 g/mol. The van der Waals surface area contributed by atoms with Gasteiger partial charge in [-0.1, -0.05) is 30.3 Å². The van der Waals surface area contributed by atoms with Gasteiger partial charge in [0, 0.05) is 32.2 Å². The Morgan fingerprint density at radius 1 is 1.29 bits per heavy atom. The maximum absolute atomic E-state index is 13.2. The highest BCUT2D eigenvalue weighted by Crippen LogP contribution is 2.43.